The Bertz CT molecular complexity index is 335. The molecule has 0 spiro atoms. The Labute approximate surface area is 110 Å². The summed E-state index contributed by atoms with van der Waals surface area (Å²) in [6.07, 6.45) is 2.11. The van der Waals surface area contributed by atoms with Crippen LogP contribution < -0.4 is 4.74 Å². The zero-order chi connectivity index (χ0) is 12.5. The van der Waals surface area contributed by atoms with Crippen LogP contribution in [0, 0.1) is 0 Å². The van der Waals surface area contributed by atoms with Crippen LogP contribution in [0.1, 0.15) is 18.4 Å². The van der Waals surface area contributed by atoms with Crippen molar-refractivity contribution in [2.75, 3.05) is 19.0 Å². The molecule has 1 aromatic carbocycles. The summed E-state index contributed by atoms with van der Waals surface area (Å²) in [7, 11) is 1.41. The largest absolute Gasteiger partial charge is 0.494 e. The molecule has 0 aromatic heterocycles. The van der Waals surface area contributed by atoms with Crippen molar-refractivity contribution in [1.29, 1.82) is 0 Å². The lowest BCUT2D eigenvalue weighted by atomic mass is 10.1. The second kappa shape index (κ2) is 8.12. The molecular weight excluding hydrogens is 284 g/mol. The van der Waals surface area contributed by atoms with Crippen LogP contribution in [0.15, 0.2) is 24.3 Å². The maximum atomic E-state index is 11.0. The van der Waals surface area contributed by atoms with E-state index < -0.39 is 0 Å². The molecule has 0 atom stereocenters. The summed E-state index contributed by atoms with van der Waals surface area (Å²) < 4.78 is 10.1. The summed E-state index contributed by atoms with van der Waals surface area (Å²) in [5.74, 6) is 0.690. The van der Waals surface area contributed by atoms with Crippen molar-refractivity contribution >= 4 is 21.9 Å². The molecule has 0 saturated carbocycles. The van der Waals surface area contributed by atoms with Crippen molar-refractivity contribution in [3.05, 3.63) is 29.8 Å². The fraction of sp³-hybridized carbons (Fsp3) is 0.462. The van der Waals surface area contributed by atoms with Gasteiger partial charge in [-0.05, 0) is 30.5 Å². The minimum atomic E-state index is -0.178. The minimum Gasteiger partial charge on any atom is -0.494 e. The lowest BCUT2D eigenvalue weighted by molar-refractivity contribution is -0.140. The molecule has 0 fully saturated rings. The van der Waals surface area contributed by atoms with Crippen LogP contribution in [-0.2, 0) is 16.0 Å². The number of ether oxygens (including phenoxy) is 2. The van der Waals surface area contributed by atoms with Crippen LogP contribution in [0.2, 0.25) is 0 Å². The van der Waals surface area contributed by atoms with Crippen LogP contribution in [0.25, 0.3) is 0 Å². The summed E-state index contributed by atoms with van der Waals surface area (Å²) in [6.45, 7) is 0.715. The van der Waals surface area contributed by atoms with Crippen molar-refractivity contribution in [3.63, 3.8) is 0 Å². The molecule has 0 aliphatic rings. The van der Waals surface area contributed by atoms with E-state index in [1.807, 2.05) is 24.3 Å². The van der Waals surface area contributed by atoms with E-state index in [-0.39, 0.29) is 5.97 Å². The van der Waals surface area contributed by atoms with Gasteiger partial charge in [0.25, 0.3) is 0 Å². The molecule has 0 bridgehead atoms. The van der Waals surface area contributed by atoms with Crippen LogP contribution in [0.4, 0.5) is 0 Å². The van der Waals surface area contributed by atoms with E-state index in [9.17, 15) is 4.79 Å². The number of carbonyl (C=O) groups excluding carboxylic acids is 1. The van der Waals surface area contributed by atoms with Crippen LogP contribution in [0.3, 0.4) is 0 Å². The third kappa shape index (κ3) is 5.73. The molecule has 3 nitrogen and oxygen atoms in total. The van der Waals surface area contributed by atoms with Gasteiger partial charge in [0.15, 0.2) is 0 Å². The third-order valence-electron chi connectivity index (χ3n) is 2.32. The summed E-state index contributed by atoms with van der Waals surface area (Å²) >= 11 is 3.35. The number of hydrogen-bond acceptors (Lipinski definition) is 3. The highest BCUT2D eigenvalue weighted by atomic mass is 79.9. The third-order valence-corrected chi connectivity index (χ3v) is 2.88. The highest BCUT2D eigenvalue weighted by molar-refractivity contribution is 9.09. The van der Waals surface area contributed by atoms with Gasteiger partial charge >= 0.3 is 5.97 Å². The Morgan fingerprint density at radius 3 is 2.59 bits per heavy atom. The molecule has 1 rings (SSSR count). The van der Waals surface area contributed by atoms with Crippen LogP contribution >= 0.6 is 15.9 Å². The molecule has 0 amide bonds. The number of hydrogen-bond donors (Lipinski definition) is 0. The first-order valence-electron chi connectivity index (χ1n) is 5.61. The predicted octanol–water partition coefficient (Wildman–Crippen LogP) is 2.96. The Balaban J connectivity index is 2.36. The van der Waals surface area contributed by atoms with Gasteiger partial charge in [0.1, 0.15) is 5.75 Å². The number of esters is 1. The topological polar surface area (TPSA) is 35.5 Å². The molecule has 17 heavy (non-hydrogen) atoms. The number of alkyl halides is 1. The number of carbonyl (C=O) groups is 1. The van der Waals surface area contributed by atoms with E-state index in [0.717, 1.165) is 23.1 Å². The second-order valence-corrected chi connectivity index (χ2v) is 4.40. The number of rotatable bonds is 7. The molecule has 0 radical (unpaired) electrons. The van der Waals surface area contributed by atoms with Crippen molar-refractivity contribution in [1.82, 2.24) is 0 Å². The van der Waals surface area contributed by atoms with Gasteiger partial charge in [0.05, 0.1) is 13.7 Å². The number of benzene rings is 1. The molecule has 0 unspecified atom stereocenters. The zero-order valence-electron chi connectivity index (χ0n) is 9.95. The lowest BCUT2D eigenvalue weighted by Crippen LogP contribution is -2.02. The van der Waals surface area contributed by atoms with Gasteiger partial charge in [0, 0.05) is 11.8 Å². The summed E-state index contributed by atoms with van der Waals surface area (Å²) in [4.78, 5) is 11.0. The normalized spacial score (nSPS) is 10.0. The quantitative estimate of drug-likeness (QED) is 0.441. The van der Waals surface area contributed by atoms with Gasteiger partial charge in [-0.15, -0.1) is 0 Å². The van der Waals surface area contributed by atoms with Gasteiger partial charge in [-0.2, -0.15) is 0 Å². The Kier molecular flexibility index (Phi) is 6.70. The molecule has 0 saturated heterocycles. The number of aryl methyl sites for hydroxylation is 1. The zero-order valence-corrected chi connectivity index (χ0v) is 11.5. The Morgan fingerprint density at radius 2 is 2.00 bits per heavy atom. The second-order valence-electron chi connectivity index (χ2n) is 3.61. The number of halogens is 1. The van der Waals surface area contributed by atoms with Crippen molar-refractivity contribution in [3.8, 4) is 5.75 Å². The van der Waals surface area contributed by atoms with Crippen LogP contribution in [-0.4, -0.2) is 25.0 Å². The molecule has 0 aliphatic heterocycles. The van der Waals surface area contributed by atoms with Crippen molar-refractivity contribution < 1.29 is 14.3 Å². The van der Waals surface area contributed by atoms with Crippen LogP contribution in [0.5, 0.6) is 5.75 Å². The Hall–Kier alpha value is -1.03. The van der Waals surface area contributed by atoms with E-state index in [2.05, 4.69) is 20.7 Å². The van der Waals surface area contributed by atoms with E-state index >= 15 is 0 Å². The summed E-state index contributed by atoms with van der Waals surface area (Å²) in [5.41, 5.74) is 1.11. The molecular formula is C13H17BrO3. The summed E-state index contributed by atoms with van der Waals surface area (Å²) in [5, 5.41) is 0.949. The maximum Gasteiger partial charge on any atom is 0.305 e. The summed E-state index contributed by atoms with van der Waals surface area (Å²) in [6, 6.07) is 7.82. The first kappa shape index (κ1) is 14.0. The fourth-order valence-electron chi connectivity index (χ4n) is 1.35. The standard InChI is InChI=1S/C13H17BrO3/c1-16-13(15)8-5-11-3-6-12(7-4-11)17-10-2-9-14/h3-4,6-7H,2,5,8-10H2,1H3. The maximum absolute atomic E-state index is 11.0. The van der Waals surface area contributed by atoms with Gasteiger partial charge in [-0.3, -0.25) is 4.79 Å². The fourth-order valence-corrected chi connectivity index (χ4v) is 1.57. The number of methoxy groups -OCH3 is 1. The Morgan fingerprint density at radius 1 is 1.29 bits per heavy atom. The molecule has 94 valence electrons. The van der Waals surface area contributed by atoms with E-state index in [1.165, 1.54) is 7.11 Å². The highest BCUT2D eigenvalue weighted by Gasteiger charge is 2.01. The van der Waals surface area contributed by atoms with E-state index in [1.54, 1.807) is 0 Å². The van der Waals surface area contributed by atoms with E-state index in [0.29, 0.717) is 19.4 Å². The molecule has 0 heterocycles. The first-order valence-corrected chi connectivity index (χ1v) is 6.73. The van der Waals surface area contributed by atoms with E-state index in [4.69, 9.17) is 4.74 Å². The average Bonchev–Trinajstić information content (AvgIpc) is 2.37. The predicted molar refractivity (Wildman–Crippen MR) is 70.7 cm³/mol. The monoisotopic (exact) mass is 300 g/mol. The lowest BCUT2D eigenvalue weighted by Gasteiger charge is -2.06. The minimum absolute atomic E-state index is 0.178. The van der Waals surface area contributed by atoms with Crippen molar-refractivity contribution in [2.24, 2.45) is 0 Å². The highest BCUT2D eigenvalue weighted by Crippen LogP contribution is 2.13. The average molecular weight is 301 g/mol. The molecule has 1 aromatic rings. The molecule has 0 N–H and O–H groups in total. The molecule has 0 aliphatic carbocycles. The van der Waals surface area contributed by atoms with Gasteiger partial charge in [0.2, 0.25) is 0 Å². The van der Waals surface area contributed by atoms with Gasteiger partial charge in [-0.25, -0.2) is 0 Å². The van der Waals surface area contributed by atoms with Gasteiger partial charge in [-0.1, -0.05) is 28.1 Å². The van der Waals surface area contributed by atoms with Crippen molar-refractivity contribution in [2.45, 2.75) is 19.3 Å². The smallest absolute Gasteiger partial charge is 0.305 e. The SMILES string of the molecule is COC(=O)CCc1ccc(OCCCBr)cc1. The van der Waals surface area contributed by atoms with Gasteiger partial charge < -0.3 is 9.47 Å². The first-order chi connectivity index (χ1) is 8.26. The molecule has 4 heteroatoms.